The fourth-order valence-corrected chi connectivity index (χ4v) is 4.58. The van der Waals surface area contributed by atoms with Crippen molar-refractivity contribution < 1.29 is 14.6 Å². The third-order valence-corrected chi connectivity index (χ3v) is 6.24. The molecule has 2 aromatic carbocycles. The molecule has 0 fully saturated rings. The number of hydrogen-bond acceptors (Lipinski definition) is 3. The Morgan fingerprint density at radius 3 is 2.61 bits per heavy atom. The summed E-state index contributed by atoms with van der Waals surface area (Å²) in [7, 11) is 3.50. The fourth-order valence-electron chi connectivity index (χ4n) is 4.58. The monoisotopic (exact) mass is 381 g/mol. The van der Waals surface area contributed by atoms with Crippen LogP contribution in [0.3, 0.4) is 0 Å². The summed E-state index contributed by atoms with van der Waals surface area (Å²) in [6.07, 6.45) is 1.04. The topological polar surface area (TPSA) is 49.8 Å². The summed E-state index contributed by atoms with van der Waals surface area (Å²) in [6, 6.07) is 12.0. The molecule has 0 radical (unpaired) electrons. The van der Waals surface area contributed by atoms with Gasteiger partial charge in [-0.15, -0.1) is 0 Å². The zero-order chi connectivity index (χ0) is 20.4. The maximum Gasteiger partial charge on any atom is 0.225 e. The fraction of sp³-hybridized carbons (Fsp3) is 0.458. The molecule has 3 rings (SSSR count). The van der Waals surface area contributed by atoms with Gasteiger partial charge in [-0.2, -0.15) is 0 Å². The Bertz CT molecular complexity index is 847. The first-order chi connectivity index (χ1) is 13.3. The number of aryl methyl sites for hydroxylation is 1. The van der Waals surface area contributed by atoms with Crippen LogP contribution in [0.25, 0.3) is 0 Å². The number of nitrogens with zero attached hydrogens (tertiary/aromatic N) is 1. The van der Waals surface area contributed by atoms with Crippen molar-refractivity contribution in [1.29, 1.82) is 0 Å². The van der Waals surface area contributed by atoms with Crippen LogP contribution in [0.2, 0.25) is 0 Å². The molecule has 28 heavy (non-hydrogen) atoms. The molecule has 4 heteroatoms. The largest absolute Gasteiger partial charge is 0.496 e. The minimum Gasteiger partial charge on any atom is -0.496 e. The van der Waals surface area contributed by atoms with E-state index in [1.807, 2.05) is 57.3 Å². The number of methoxy groups -OCH3 is 1. The molecule has 1 N–H and O–H groups in total. The van der Waals surface area contributed by atoms with Crippen molar-refractivity contribution in [2.75, 3.05) is 14.2 Å². The molecule has 0 bridgehead atoms. The third-order valence-electron chi connectivity index (χ3n) is 6.24. The Kier molecular flexibility index (Phi) is 6.09. The lowest BCUT2D eigenvalue weighted by Crippen LogP contribution is -2.38. The quantitative estimate of drug-likeness (QED) is 0.844. The number of amides is 1. The summed E-state index contributed by atoms with van der Waals surface area (Å²) >= 11 is 0. The molecule has 1 aliphatic carbocycles. The molecule has 0 aromatic heterocycles. The van der Waals surface area contributed by atoms with Gasteiger partial charge in [0, 0.05) is 25.4 Å². The summed E-state index contributed by atoms with van der Waals surface area (Å²) in [5.41, 5.74) is 5.40. The van der Waals surface area contributed by atoms with Crippen molar-refractivity contribution >= 4 is 5.91 Å². The van der Waals surface area contributed by atoms with Gasteiger partial charge >= 0.3 is 0 Å². The first kappa shape index (κ1) is 20.4. The van der Waals surface area contributed by atoms with Gasteiger partial charge in [0.05, 0.1) is 13.2 Å². The van der Waals surface area contributed by atoms with Gasteiger partial charge in [0.2, 0.25) is 5.91 Å². The average molecular weight is 382 g/mol. The van der Waals surface area contributed by atoms with Crippen LogP contribution in [0.1, 0.15) is 47.3 Å². The van der Waals surface area contributed by atoms with E-state index in [0.717, 1.165) is 40.8 Å². The summed E-state index contributed by atoms with van der Waals surface area (Å²) in [4.78, 5) is 14.8. The summed E-state index contributed by atoms with van der Waals surface area (Å²) in [5, 5.41) is 11.2. The lowest BCUT2D eigenvalue weighted by molar-refractivity contribution is -0.138. The Labute approximate surface area is 168 Å². The molecule has 1 aliphatic rings. The summed E-state index contributed by atoms with van der Waals surface area (Å²) < 4.78 is 5.50. The second kappa shape index (κ2) is 8.36. The van der Waals surface area contributed by atoms with E-state index in [4.69, 9.17) is 4.74 Å². The van der Waals surface area contributed by atoms with Crippen LogP contribution in [0, 0.1) is 25.7 Å². The van der Waals surface area contributed by atoms with Crippen molar-refractivity contribution in [2.24, 2.45) is 11.8 Å². The van der Waals surface area contributed by atoms with Crippen LogP contribution in [0.4, 0.5) is 0 Å². The Balaban J connectivity index is 1.81. The molecule has 3 atom stereocenters. The number of carbonyl (C=O) groups excluding carboxylic acids is 1. The molecule has 0 unspecified atom stereocenters. The van der Waals surface area contributed by atoms with Crippen molar-refractivity contribution in [3.63, 3.8) is 0 Å². The van der Waals surface area contributed by atoms with Crippen LogP contribution < -0.4 is 4.74 Å². The highest BCUT2D eigenvalue weighted by Crippen LogP contribution is 2.44. The van der Waals surface area contributed by atoms with Gasteiger partial charge in [-0.25, -0.2) is 0 Å². The number of aliphatic hydroxyl groups excluding tert-OH is 1. The second-order valence-corrected chi connectivity index (χ2v) is 8.03. The second-order valence-electron chi connectivity index (χ2n) is 8.03. The van der Waals surface area contributed by atoms with Crippen LogP contribution in [0.5, 0.6) is 5.75 Å². The van der Waals surface area contributed by atoms with Crippen LogP contribution in [0.15, 0.2) is 36.4 Å². The Morgan fingerprint density at radius 2 is 1.96 bits per heavy atom. The minimum atomic E-state index is -0.651. The van der Waals surface area contributed by atoms with Crippen LogP contribution in [-0.2, 0) is 17.8 Å². The SMILES string of the molecule is COc1cc(C)c2c(c1C)[C@H](O)[C@H]([C@H](C)C(=O)N(C)Cc1ccccc1)CC2. The summed E-state index contributed by atoms with van der Waals surface area (Å²) in [5.74, 6) is 0.538. The first-order valence-electron chi connectivity index (χ1n) is 9.99. The molecule has 150 valence electrons. The molecule has 0 aliphatic heterocycles. The molecule has 1 amide bonds. The Morgan fingerprint density at radius 1 is 1.29 bits per heavy atom. The Hall–Kier alpha value is -2.33. The lowest BCUT2D eigenvalue weighted by Gasteiger charge is -2.37. The van der Waals surface area contributed by atoms with Gasteiger partial charge in [0.15, 0.2) is 0 Å². The van der Waals surface area contributed by atoms with Gasteiger partial charge in [0.1, 0.15) is 5.75 Å². The minimum absolute atomic E-state index is 0.0774. The van der Waals surface area contributed by atoms with Crippen molar-refractivity contribution in [2.45, 2.75) is 46.3 Å². The molecule has 0 saturated heterocycles. The molecule has 0 heterocycles. The van der Waals surface area contributed by atoms with Crippen molar-refractivity contribution in [3.05, 3.63) is 64.2 Å². The average Bonchev–Trinajstić information content (AvgIpc) is 2.70. The molecule has 4 nitrogen and oxygen atoms in total. The van der Waals surface area contributed by atoms with E-state index >= 15 is 0 Å². The van der Waals surface area contributed by atoms with E-state index in [0.29, 0.717) is 6.54 Å². The van der Waals surface area contributed by atoms with Gasteiger partial charge in [-0.3, -0.25) is 4.79 Å². The zero-order valence-electron chi connectivity index (χ0n) is 17.5. The van der Waals surface area contributed by atoms with Gasteiger partial charge in [0.25, 0.3) is 0 Å². The number of aliphatic hydroxyl groups is 1. The standard InChI is InChI=1S/C24H31NO3/c1-15-13-21(28-5)17(3)22-19(15)11-12-20(23(22)26)16(2)24(27)25(4)14-18-9-7-6-8-10-18/h6-10,13,16,20,23,26H,11-12,14H2,1-5H3/t16-,20-,23+/m0/s1. The summed E-state index contributed by atoms with van der Waals surface area (Å²) in [6.45, 7) is 6.59. The van der Waals surface area contributed by atoms with Gasteiger partial charge < -0.3 is 14.7 Å². The number of ether oxygens (including phenoxy) is 1. The van der Waals surface area contributed by atoms with Crippen molar-refractivity contribution in [3.8, 4) is 5.75 Å². The molecular weight excluding hydrogens is 350 g/mol. The smallest absolute Gasteiger partial charge is 0.225 e. The number of hydrogen-bond donors (Lipinski definition) is 1. The molecule has 0 saturated carbocycles. The predicted octanol–water partition coefficient (Wildman–Crippen LogP) is 4.20. The normalized spacial score (nSPS) is 19.6. The third kappa shape index (κ3) is 3.79. The lowest BCUT2D eigenvalue weighted by atomic mass is 9.72. The number of rotatable bonds is 5. The van der Waals surface area contributed by atoms with Gasteiger partial charge in [-0.05, 0) is 60.6 Å². The highest BCUT2D eigenvalue weighted by molar-refractivity contribution is 5.78. The highest BCUT2D eigenvalue weighted by atomic mass is 16.5. The van der Waals surface area contributed by atoms with E-state index < -0.39 is 6.10 Å². The highest BCUT2D eigenvalue weighted by Gasteiger charge is 2.38. The van der Waals surface area contributed by atoms with E-state index in [9.17, 15) is 9.90 Å². The van der Waals surface area contributed by atoms with Crippen LogP contribution in [-0.4, -0.2) is 30.1 Å². The molecule has 0 spiro atoms. The van der Waals surface area contributed by atoms with Crippen LogP contribution >= 0.6 is 0 Å². The first-order valence-corrected chi connectivity index (χ1v) is 9.99. The number of fused-ring (bicyclic) bond motifs is 1. The molecule has 2 aromatic rings. The maximum absolute atomic E-state index is 13.1. The number of benzene rings is 2. The van der Waals surface area contributed by atoms with E-state index in [1.165, 1.54) is 5.56 Å². The van der Waals surface area contributed by atoms with E-state index in [2.05, 4.69) is 6.92 Å². The van der Waals surface area contributed by atoms with E-state index in [1.54, 1.807) is 12.0 Å². The predicted molar refractivity (Wildman–Crippen MR) is 111 cm³/mol. The van der Waals surface area contributed by atoms with E-state index in [-0.39, 0.29) is 17.7 Å². The maximum atomic E-state index is 13.1. The van der Waals surface area contributed by atoms with Crippen molar-refractivity contribution in [1.82, 2.24) is 4.90 Å². The molecular formula is C24H31NO3. The number of carbonyl (C=O) groups is 1. The zero-order valence-corrected chi connectivity index (χ0v) is 17.5. The van der Waals surface area contributed by atoms with Gasteiger partial charge in [-0.1, -0.05) is 37.3 Å².